The van der Waals surface area contributed by atoms with Crippen molar-refractivity contribution in [2.75, 3.05) is 0 Å². The van der Waals surface area contributed by atoms with E-state index in [4.69, 9.17) is 0 Å². The Labute approximate surface area is 78.4 Å². The van der Waals surface area contributed by atoms with Crippen molar-refractivity contribution in [1.29, 1.82) is 0 Å². The lowest BCUT2D eigenvalue weighted by atomic mass is 10.4. The molecule has 3 nitrogen and oxygen atoms in total. The Morgan fingerprint density at radius 2 is 2.31 bits per heavy atom. The van der Waals surface area contributed by atoms with Crippen molar-refractivity contribution in [3.63, 3.8) is 0 Å². The van der Waals surface area contributed by atoms with Gasteiger partial charge < -0.3 is 0 Å². The predicted octanol–water partition coefficient (Wildman–Crippen LogP) is 2.09. The molecule has 1 heterocycles. The molecule has 66 valence electrons. The lowest BCUT2D eigenvalue weighted by molar-refractivity contribution is 0.624. The molecule has 0 atom stereocenters. The minimum absolute atomic E-state index is 0.242. The zero-order valence-electron chi connectivity index (χ0n) is 6.57. The van der Waals surface area contributed by atoms with Gasteiger partial charge in [0.15, 0.2) is 0 Å². The summed E-state index contributed by atoms with van der Waals surface area (Å²) in [6, 6.07) is 6.35. The molecule has 0 bridgehead atoms. The number of hydrogen-bond acceptors (Lipinski definition) is 3. The molecule has 0 saturated heterocycles. The first-order valence-electron chi connectivity index (χ1n) is 3.64. The van der Waals surface area contributed by atoms with E-state index in [1.165, 1.54) is 23.9 Å². The Morgan fingerprint density at radius 3 is 3.00 bits per heavy atom. The van der Waals surface area contributed by atoms with Crippen LogP contribution in [0.1, 0.15) is 0 Å². The molecule has 2 aromatic rings. The van der Waals surface area contributed by atoms with Gasteiger partial charge in [-0.15, -0.1) is 5.10 Å². The smallest absolute Gasteiger partial charge is 0.143 e. The lowest BCUT2D eigenvalue weighted by Crippen LogP contribution is -1.76. The highest BCUT2D eigenvalue weighted by Crippen LogP contribution is 2.24. The van der Waals surface area contributed by atoms with Crippen LogP contribution in [0.2, 0.25) is 0 Å². The van der Waals surface area contributed by atoms with Gasteiger partial charge in [0, 0.05) is 4.90 Å². The number of aromatic amines is 1. The Morgan fingerprint density at radius 1 is 1.38 bits per heavy atom. The Balaban J connectivity index is 2.19. The van der Waals surface area contributed by atoms with E-state index in [2.05, 4.69) is 15.4 Å². The molecule has 0 aliphatic carbocycles. The van der Waals surface area contributed by atoms with Crippen molar-refractivity contribution in [2.24, 2.45) is 0 Å². The summed E-state index contributed by atoms with van der Waals surface area (Å²) < 4.78 is 12.7. The number of hydrogen-bond donors (Lipinski definition) is 1. The summed E-state index contributed by atoms with van der Waals surface area (Å²) in [5.41, 5.74) is 0. The zero-order valence-corrected chi connectivity index (χ0v) is 7.38. The minimum atomic E-state index is -0.242. The summed E-state index contributed by atoms with van der Waals surface area (Å²) in [4.78, 5) is 0.814. The minimum Gasteiger partial charge on any atom is -0.207 e. The molecule has 0 unspecified atom stereocenters. The van der Waals surface area contributed by atoms with Gasteiger partial charge in [-0.2, -0.15) is 10.3 Å². The highest BCUT2D eigenvalue weighted by Gasteiger charge is 2.00. The van der Waals surface area contributed by atoms with E-state index in [0.29, 0.717) is 0 Å². The standard InChI is InChI=1S/C8H6FN3S/c9-6-2-1-3-7(4-6)13-8-5-10-12-11-8/h1-5H,(H,10,11,12). The fourth-order valence-corrected chi connectivity index (χ4v) is 1.64. The second-order valence-electron chi connectivity index (χ2n) is 2.37. The van der Waals surface area contributed by atoms with Gasteiger partial charge in [-0.1, -0.05) is 17.8 Å². The van der Waals surface area contributed by atoms with Gasteiger partial charge in [0.1, 0.15) is 10.8 Å². The molecule has 0 aliphatic heterocycles. The average Bonchev–Trinajstić information content (AvgIpc) is 2.57. The lowest BCUT2D eigenvalue weighted by Gasteiger charge is -1.95. The maximum absolute atomic E-state index is 12.7. The number of rotatable bonds is 2. The van der Waals surface area contributed by atoms with Gasteiger partial charge >= 0.3 is 0 Å². The highest BCUT2D eigenvalue weighted by molar-refractivity contribution is 7.99. The third-order valence-corrected chi connectivity index (χ3v) is 2.31. The van der Waals surface area contributed by atoms with Crippen LogP contribution in [-0.4, -0.2) is 15.4 Å². The molecule has 0 saturated carbocycles. The molecule has 0 aliphatic rings. The van der Waals surface area contributed by atoms with Crippen LogP contribution in [0, 0.1) is 5.82 Å². The SMILES string of the molecule is Fc1cccc(Sc2cn[nH]n2)c1. The summed E-state index contributed by atoms with van der Waals surface area (Å²) in [5, 5.41) is 10.7. The van der Waals surface area contributed by atoms with Crippen LogP contribution in [0.15, 0.2) is 40.4 Å². The molecule has 0 fully saturated rings. The fourth-order valence-electron chi connectivity index (χ4n) is 0.892. The van der Waals surface area contributed by atoms with Crippen molar-refractivity contribution >= 4 is 11.8 Å². The number of aromatic nitrogens is 3. The predicted molar refractivity (Wildman–Crippen MR) is 46.9 cm³/mol. The summed E-state index contributed by atoms with van der Waals surface area (Å²) in [5.74, 6) is -0.242. The van der Waals surface area contributed by atoms with E-state index >= 15 is 0 Å². The molecule has 0 amide bonds. The quantitative estimate of drug-likeness (QED) is 0.797. The van der Waals surface area contributed by atoms with Crippen molar-refractivity contribution in [1.82, 2.24) is 15.4 Å². The van der Waals surface area contributed by atoms with E-state index in [0.717, 1.165) is 9.92 Å². The molecule has 1 N–H and O–H groups in total. The maximum Gasteiger partial charge on any atom is 0.143 e. The molecule has 0 spiro atoms. The van der Waals surface area contributed by atoms with Crippen LogP contribution in [0.3, 0.4) is 0 Å². The van der Waals surface area contributed by atoms with Crippen molar-refractivity contribution in [3.05, 3.63) is 36.3 Å². The average molecular weight is 195 g/mol. The van der Waals surface area contributed by atoms with Crippen LogP contribution in [0.5, 0.6) is 0 Å². The first-order valence-corrected chi connectivity index (χ1v) is 4.45. The van der Waals surface area contributed by atoms with E-state index < -0.39 is 0 Å². The van der Waals surface area contributed by atoms with Crippen LogP contribution in [0.4, 0.5) is 4.39 Å². The normalized spacial score (nSPS) is 10.2. The number of nitrogens with one attached hydrogen (secondary N) is 1. The fraction of sp³-hybridized carbons (Fsp3) is 0. The van der Waals surface area contributed by atoms with E-state index in [1.54, 1.807) is 12.3 Å². The molecule has 1 aromatic carbocycles. The van der Waals surface area contributed by atoms with Crippen molar-refractivity contribution in [2.45, 2.75) is 9.92 Å². The summed E-state index contributed by atoms with van der Waals surface area (Å²) in [6.45, 7) is 0. The second kappa shape index (κ2) is 3.57. The van der Waals surface area contributed by atoms with Crippen LogP contribution >= 0.6 is 11.8 Å². The number of halogens is 1. The Kier molecular flexibility index (Phi) is 2.27. The largest absolute Gasteiger partial charge is 0.207 e. The van der Waals surface area contributed by atoms with Gasteiger partial charge in [-0.25, -0.2) is 4.39 Å². The molecule has 1 aromatic heterocycles. The van der Waals surface area contributed by atoms with E-state index in [-0.39, 0.29) is 5.82 Å². The number of H-pyrrole nitrogens is 1. The van der Waals surface area contributed by atoms with Gasteiger partial charge in [-0.3, -0.25) is 0 Å². The summed E-state index contributed by atoms with van der Waals surface area (Å²) in [6.07, 6.45) is 1.59. The second-order valence-corrected chi connectivity index (χ2v) is 3.46. The van der Waals surface area contributed by atoms with Crippen LogP contribution in [-0.2, 0) is 0 Å². The van der Waals surface area contributed by atoms with Gasteiger partial charge in [0.05, 0.1) is 6.20 Å². The van der Waals surface area contributed by atoms with Crippen molar-refractivity contribution < 1.29 is 4.39 Å². The van der Waals surface area contributed by atoms with Gasteiger partial charge in [-0.05, 0) is 18.2 Å². The van der Waals surface area contributed by atoms with Gasteiger partial charge in [0.2, 0.25) is 0 Å². The summed E-state index contributed by atoms with van der Waals surface area (Å²) >= 11 is 1.36. The third kappa shape index (κ3) is 2.06. The Bertz CT molecular complexity index is 388. The third-order valence-electron chi connectivity index (χ3n) is 1.41. The zero-order chi connectivity index (χ0) is 9.10. The Hall–Kier alpha value is -1.36. The molecule has 5 heteroatoms. The molecule has 2 rings (SSSR count). The highest BCUT2D eigenvalue weighted by atomic mass is 32.2. The van der Waals surface area contributed by atoms with E-state index in [9.17, 15) is 4.39 Å². The number of nitrogens with zero attached hydrogens (tertiary/aromatic N) is 2. The molecular formula is C8H6FN3S. The maximum atomic E-state index is 12.7. The first-order chi connectivity index (χ1) is 6.34. The van der Waals surface area contributed by atoms with E-state index in [1.807, 2.05) is 6.07 Å². The molecule has 13 heavy (non-hydrogen) atoms. The number of benzene rings is 1. The van der Waals surface area contributed by atoms with Crippen molar-refractivity contribution in [3.8, 4) is 0 Å². The molecule has 0 radical (unpaired) electrons. The van der Waals surface area contributed by atoms with Crippen LogP contribution < -0.4 is 0 Å². The van der Waals surface area contributed by atoms with Gasteiger partial charge in [0.25, 0.3) is 0 Å². The topological polar surface area (TPSA) is 41.6 Å². The monoisotopic (exact) mass is 195 g/mol. The van der Waals surface area contributed by atoms with Crippen LogP contribution in [0.25, 0.3) is 0 Å². The summed E-state index contributed by atoms with van der Waals surface area (Å²) in [7, 11) is 0. The molecular weight excluding hydrogens is 189 g/mol. The first kappa shape index (κ1) is 8.25.